The van der Waals surface area contributed by atoms with Crippen LogP contribution in [0, 0.1) is 24.6 Å². The Morgan fingerprint density at radius 1 is 0.720 bits per heavy atom. The molecule has 17 nitrogen and oxygen atoms in total. The molecule has 3 aromatic carbocycles. The van der Waals surface area contributed by atoms with Crippen LogP contribution >= 0.6 is 0 Å². The van der Waals surface area contributed by atoms with Gasteiger partial charge in [-0.05, 0) is 55.3 Å². The van der Waals surface area contributed by atoms with Crippen LogP contribution in [0.25, 0.3) is 0 Å². The minimum Gasteiger partial charge on any atom is -0.507 e. The lowest BCUT2D eigenvalue weighted by atomic mass is 9.77. The van der Waals surface area contributed by atoms with Crippen molar-refractivity contribution in [1.29, 1.82) is 0 Å². The summed E-state index contributed by atoms with van der Waals surface area (Å²) in [5.41, 5.74) is 0.459. The van der Waals surface area contributed by atoms with Crippen LogP contribution in [-0.2, 0) is 42.6 Å². The first kappa shape index (κ1) is 39.1. The molecule has 1 heterocycles. The average Bonchev–Trinajstić information content (AvgIpc) is 3.29. The zero-order valence-electron chi connectivity index (χ0n) is 26.5. The number of carbonyl (C=O) groups is 5. The van der Waals surface area contributed by atoms with Gasteiger partial charge in [-0.1, -0.05) is 18.2 Å². The van der Waals surface area contributed by atoms with Crippen molar-refractivity contribution in [3.8, 4) is 11.5 Å². The number of aliphatic carboxylic acids is 4. The molecule has 0 aliphatic carbocycles. The molecule has 0 amide bonds. The molecule has 0 bridgehead atoms. The van der Waals surface area contributed by atoms with Crippen LogP contribution in [0.5, 0.6) is 11.5 Å². The summed E-state index contributed by atoms with van der Waals surface area (Å²) in [6.45, 7) is 0.0158. The zero-order chi connectivity index (χ0) is 37.5. The van der Waals surface area contributed by atoms with Crippen LogP contribution in [0.15, 0.2) is 48.5 Å². The summed E-state index contributed by atoms with van der Waals surface area (Å²) < 4.78 is 30.1. The molecule has 1 aliphatic heterocycles. The number of nitrogens with zero attached hydrogens (tertiary/aromatic N) is 2. The Bertz CT molecular complexity index is 1670. The minimum absolute atomic E-state index is 0.155. The van der Waals surface area contributed by atoms with Crippen molar-refractivity contribution >= 4 is 29.8 Å². The lowest BCUT2D eigenvalue weighted by molar-refractivity contribution is -1.63. The van der Waals surface area contributed by atoms with E-state index in [-0.39, 0.29) is 41.3 Å². The van der Waals surface area contributed by atoms with Gasteiger partial charge in [-0.25, -0.2) is 4.79 Å². The van der Waals surface area contributed by atoms with Crippen molar-refractivity contribution in [3.63, 3.8) is 0 Å². The number of aryl methyl sites for hydroxylation is 2. The first-order valence-electron chi connectivity index (χ1n) is 14.4. The highest BCUT2D eigenvalue weighted by molar-refractivity contribution is 5.96. The van der Waals surface area contributed by atoms with Crippen LogP contribution in [0.4, 0.5) is 0 Å². The van der Waals surface area contributed by atoms with Gasteiger partial charge >= 0.3 is 29.8 Å². The zero-order valence-corrected chi connectivity index (χ0v) is 27.3. The van der Waals surface area contributed by atoms with Crippen molar-refractivity contribution in [2.75, 3.05) is 26.2 Å². The largest absolute Gasteiger partial charge is 0.507 e. The van der Waals surface area contributed by atoms with Gasteiger partial charge in [0.25, 0.3) is 10.8 Å². The Morgan fingerprint density at radius 3 is 1.44 bits per heavy atom. The summed E-state index contributed by atoms with van der Waals surface area (Å²) >= 11 is 0. The highest BCUT2D eigenvalue weighted by atomic mass is 35.6. The van der Waals surface area contributed by atoms with E-state index in [1.165, 1.54) is 12.1 Å². The number of phenolic OH excluding ortho intramolecular Hbond substituents is 2. The molecule has 0 saturated carbocycles. The predicted molar refractivity (Wildman–Crippen MR) is 161 cm³/mol. The Morgan fingerprint density at radius 2 is 1.08 bits per heavy atom. The Kier molecular flexibility index (Phi) is 12.8. The molecule has 1 aliphatic rings. The van der Waals surface area contributed by atoms with E-state index in [1.54, 1.807) is 50.2 Å². The molecule has 0 radical (unpaired) electrons. The summed E-state index contributed by atoms with van der Waals surface area (Å²) in [5.74, 6) is -6.26. The average molecular weight is 721 g/mol. The number of carbonyl (C=O) groups excluding carboxylic acids is 1. The van der Waals surface area contributed by atoms with Gasteiger partial charge in [-0.2, -0.15) is 0 Å². The fourth-order valence-corrected chi connectivity index (χ4v) is 5.75. The number of benzene rings is 3. The fourth-order valence-electron chi connectivity index (χ4n) is 5.75. The number of rotatable bonds is 14. The summed E-state index contributed by atoms with van der Waals surface area (Å²) in [7, 11) is -2.60. The highest BCUT2D eigenvalue weighted by Gasteiger charge is 2.49. The smallest absolute Gasteiger partial charge is 0.340 e. The molecule has 7 N–H and O–H groups in total. The number of phenols is 2. The monoisotopic (exact) mass is 720 g/mol. The maximum absolute atomic E-state index is 13.3. The normalized spacial score (nSPS) is 13.1. The minimum atomic E-state index is -2.60. The molecule has 0 saturated heterocycles. The van der Waals surface area contributed by atoms with E-state index in [9.17, 15) is 54.6 Å². The van der Waals surface area contributed by atoms with Crippen LogP contribution in [0.2, 0.25) is 0 Å². The molecule has 268 valence electrons. The lowest BCUT2D eigenvalue weighted by Gasteiger charge is -2.33. The summed E-state index contributed by atoms with van der Waals surface area (Å²) in [4.78, 5) is 61.4. The molecular formula is C32H33ClN2O15. The van der Waals surface area contributed by atoms with E-state index in [1.807, 2.05) is 0 Å². The van der Waals surface area contributed by atoms with Gasteiger partial charge < -0.3 is 44.7 Å². The summed E-state index contributed by atoms with van der Waals surface area (Å²) in [5, 5.41) is 59.3. The molecule has 50 heavy (non-hydrogen) atoms. The molecule has 4 rings (SSSR count). The number of hydrogen-bond acceptors (Lipinski definition) is 13. The van der Waals surface area contributed by atoms with Gasteiger partial charge in [0, 0.05) is 45.6 Å². The Labute approximate surface area is 286 Å². The topological polar surface area (TPSA) is 289 Å². The number of carboxylic acids is 4. The highest BCUT2D eigenvalue weighted by Crippen LogP contribution is 2.49. The Balaban J connectivity index is 0.00000160. The molecule has 0 atom stereocenters. The number of aromatic hydroxyl groups is 2. The first-order valence-corrected chi connectivity index (χ1v) is 15.4. The summed E-state index contributed by atoms with van der Waals surface area (Å²) in [6, 6.07) is 12.6. The van der Waals surface area contributed by atoms with E-state index in [4.69, 9.17) is 18.7 Å². The molecule has 0 unspecified atom stereocenters. The number of fused-ring (bicyclic) bond motifs is 1. The van der Waals surface area contributed by atoms with Crippen LogP contribution in [0.3, 0.4) is 0 Å². The predicted octanol–water partition coefficient (Wildman–Crippen LogP) is -0.816. The van der Waals surface area contributed by atoms with Gasteiger partial charge in [-0.15, -0.1) is 0 Å². The third-order valence-electron chi connectivity index (χ3n) is 7.57. The third-order valence-corrected chi connectivity index (χ3v) is 7.57. The van der Waals surface area contributed by atoms with Crippen LogP contribution in [-0.4, -0.2) is 101 Å². The second-order valence-corrected chi connectivity index (χ2v) is 11.7. The number of ether oxygens (including phenoxy) is 1. The second kappa shape index (κ2) is 16.4. The molecular weight excluding hydrogens is 688 g/mol. The van der Waals surface area contributed by atoms with Gasteiger partial charge in [0.1, 0.15) is 11.5 Å². The number of carboxylic acid groups (broad SMARTS) is 4. The maximum atomic E-state index is 13.3. The van der Waals surface area contributed by atoms with Crippen molar-refractivity contribution in [2.24, 2.45) is 0 Å². The second-order valence-electron chi connectivity index (χ2n) is 11.3. The van der Waals surface area contributed by atoms with Crippen LogP contribution in [0.1, 0.15) is 49.3 Å². The number of hydrogen-bond donors (Lipinski definition) is 7. The number of halogens is 1. The van der Waals surface area contributed by atoms with Crippen molar-refractivity contribution < 1.29 is 84.1 Å². The van der Waals surface area contributed by atoms with Gasteiger partial charge in [-0.3, -0.25) is 29.0 Å². The van der Waals surface area contributed by atoms with E-state index in [0.29, 0.717) is 27.8 Å². The molecule has 18 heteroatoms. The van der Waals surface area contributed by atoms with Crippen molar-refractivity contribution in [2.45, 2.75) is 32.5 Å². The fraction of sp³-hybridized carbons (Fsp3) is 0.281. The van der Waals surface area contributed by atoms with E-state index >= 15 is 0 Å². The van der Waals surface area contributed by atoms with Gasteiger partial charge in [0.2, 0.25) is 0 Å². The van der Waals surface area contributed by atoms with Gasteiger partial charge in [0.15, 0.2) is 5.60 Å². The van der Waals surface area contributed by atoms with Crippen molar-refractivity contribution in [1.82, 2.24) is 9.80 Å². The SMILES string of the molecule is Cc1cc(C2(c3cc(C)c(O)c(CN(CC(=O)O)CC(=O)O)c3)OC(=O)c3ccccc32)cc(CN(CC(=O)O)CC(=O)O)c1O.[O-][Cl+2]([O-])O. The lowest BCUT2D eigenvalue weighted by Crippen LogP contribution is -2.35. The third kappa shape index (κ3) is 9.44. The van der Waals surface area contributed by atoms with E-state index in [0.717, 1.165) is 9.80 Å². The van der Waals surface area contributed by atoms with E-state index in [2.05, 4.69) is 0 Å². The van der Waals surface area contributed by atoms with Gasteiger partial charge in [0.05, 0.1) is 31.7 Å². The molecule has 3 aromatic rings. The van der Waals surface area contributed by atoms with Crippen LogP contribution < -0.4 is 9.32 Å². The van der Waals surface area contributed by atoms with E-state index < -0.39 is 72.4 Å². The summed E-state index contributed by atoms with van der Waals surface area (Å²) in [6.07, 6.45) is 0. The quantitative estimate of drug-likeness (QED) is 0.100. The Hall–Kier alpha value is -5.30. The molecule has 0 spiro atoms. The molecule has 0 aromatic heterocycles. The number of esters is 1. The van der Waals surface area contributed by atoms with Crippen molar-refractivity contribution in [3.05, 3.63) is 93.0 Å². The molecule has 0 fully saturated rings. The standard InChI is InChI=1S/C32H32N2O12.ClHO3/c1-17-7-21(9-19(29(17)43)11-33(13-25(35)36)14-26(37)38)32(24-6-4-3-5-23(24)31(45)46-32)22-8-18(2)30(44)20(10-22)12-34(15-27(39)40)16-28(41)42;2-1(3)4/h3-10,43-44H,11-16H2,1-2H3,(H,35,36)(H,37,38)(H,39,40)(H,41,42);2H. The first-order chi connectivity index (χ1) is 23.3. The number of cyclic esters (lactones) is 1. The maximum Gasteiger partial charge on any atom is 0.340 e.